The third-order valence-corrected chi connectivity index (χ3v) is 4.38. The highest BCUT2D eigenvalue weighted by atomic mass is 16.1. The van der Waals surface area contributed by atoms with Gasteiger partial charge in [0.2, 0.25) is 0 Å². The summed E-state index contributed by atoms with van der Waals surface area (Å²) >= 11 is 0. The predicted octanol–water partition coefficient (Wildman–Crippen LogP) is 2.90. The highest BCUT2D eigenvalue weighted by Crippen LogP contribution is 2.17. The van der Waals surface area contributed by atoms with Crippen molar-refractivity contribution in [2.24, 2.45) is 0 Å². The van der Waals surface area contributed by atoms with Gasteiger partial charge in [-0.05, 0) is 46.2 Å². The van der Waals surface area contributed by atoms with Crippen LogP contribution in [-0.4, -0.2) is 53.8 Å². The smallest absolute Gasteiger partial charge is 0.177 e. The van der Waals surface area contributed by atoms with Crippen LogP contribution in [0.1, 0.15) is 42.3 Å². The minimum absolute atomic E-state index is 0.225. The third-order valence-electron chi connectivity index (χ3n) is 4.38. The van der Waals surface area contributed by atoms with Crippen molar-refractivity contribution in [3.8, 4) is 0 Å². The van der Waals surface area contributed by atoms with Gasteiger partial charge in [0.1, 0.15) is 0 Å². The molecule has 1 saturated heterocycles. The molecule has 3 heteroatoms. The zero-order valence-corrected chi connectivity index (χ0v) is 14.1. The zero-order chi connectivity index (χ0) is 15.6. The molecular weight excluding hydrogens is 260 g/mol. The van der Waals surface area contributed by atoms with Gasteiger partial charge in [0.25, 0.3) is 0 Å². The molecule has 0 unspecified atom stereocenters. The Morgan fingerprint density at radius 2 is 1.71 bits per heavy atom. The molecule has 0 amide bonds. The first-order valence-corrected chi connectivity index (χ1v) is 7.85. The van der Waals surface area contributed by atoms with Gasteiger partial charge >= 0.3 is 0 Å². The molecule has 0 spiro atoms. The zero-order valence-electron chi connectivity index (χ0n) is 14.1. The maximum absolute atomic E-state index is 12.5. The number of carbonyl (C=O) groups is 1. The summed E-state index contributed by atoms with van der Waals surface area (Å²) in [5.41, 5.74) is 3.34. The molecule has 0 bridgehead atoms. The molecule has 1 heterocycles. The number of benzene rings is 1. The van der Waals surface area contributed by atoms with E-state index in [1.807, 2.05) is 26.0 Å². The summed E-state index contributed by atoms with van der Waals surface area (Å²) in [5.74, 6) is 0.250. The summed E-state index contributed by atoms with van der Waals surface area (Å²) in [5, 5.41) is 0. The van der Waals surface area contributed by atoms with Crippen LogP contribution in [0.15, 0.2) is 18.2 Å². The molecule has 1 fully saturated rings. The van der Waals surface area contributed by atoms with Crippen LogP contribution in [0.5, 0.6) is 0 Å². The summed E-state index contributed by atoms with van der Waals surface area (Å²) in [6.07, 6.45) is 0. The molecule has 0 atom stereocenters. The molecule has 21 heavy (non-hydrogen) atoms. The Kier molecular flexibility index (Phi) is 4.84. The number of carbonyl (C=O) groups excluding carboxylic acids is 1. The molecule has 0 saturated carbocycles. The van der Waals surface area contributed by atoms with E-state index in [2.05, 4.69) is 36.6 Å². The normalized spacial score (nSPS) is 18.0. The second-order valence-corrected chi connectivity index (χ2v) is 7.18. The topological polar surface area (TPSA) is 23.6 Å². The quantitative estimate of drug-likeness (QED) is 0.799. The van der Waals surface area contributed by atoms with E-state index in [1.165, 1.54) is 0 Å². The lowest BCUT2D eigenvalue weighted by atomic mass is 10.0. The largest absolute Gasteiger partial charge is 0.296 e. The van der Waals surface area contributed by atoms with E-state index in [0.29, 0.717) is 6.54 Å². The Hall–Kier alpha value is -1.19. The maximum atomic E-state index is 12.5. The van der Waals surface area contributed by atoms with Crippen molar-refractivity contribution in [2.45, 2.75) is 40.2 Å². The van der Waals surface area contributed by atoms with Gasteiger partial charge in [-0.3, -0.25) is 14.6 Å². The van der Waals surface area contributed by atoms with E-state index < -0.39 is 0 Å². The van der Waals surface area contributed by atoms with Crippen molar-refractivity contribution in [1.29, 1.82) is 0 Å². The SMILES string of the molecule is Cc1ccc(C)c(C(=O)CN2CCN(C(C)(C)C)CC2)c1. The van der Waals surface area contributed by atoms with Gasteiger partial charge < -0.3 is 0 Å². The van der Waals surface area contributed by atoms with Crippen LogP contribution in [0.3, 0.4) is 0 Å². The van der Waals surface area contributed by atoms with Gasteiger partial charge in [-0.2, -0.15) is 0 Å². The minimum atomic E-state index is 0.225. The van der Waals surface area contributed by atoms with Crippen molar-refractivity contribution in [1.82, 2.24) is 9.80 Å². The lowest BCUT2D eigenvalue weighted by molar-refractivity contribution is 0.0579. The predicted molar refractivity (Wildman–Crippen MR) is 88.0 cm³/mol. The highest BCUT2D eigenvalue weighted by molar-refractivity contribution is 5.99. The summed E-state index contributed by atoms with van der Waals surface area (Å²) in [7, 11) is 0. The monoisotopic (exact) mass is 288 g/mol. The highest BCUT2D eigenvalue weighted by Gasteiger charge is 2.26. The Bertz CT molecular complexity index is 508. The first-order valence-electron chi connectivity index (χ1n) is 7.85. The first-order chi connectivity index (χ1) is 9.77. The second-order valence-electron chi connectivity index (χ2n) is 7.18. The summed E-state index contributed by atoms with van der Waals surface area (Å²) in [6, 6.07) is 6.12. The molecule has 116 valence electrons. The van der Waals surface area contributed by atoms with E-state index in [-0.39, 0.29) is 11.3 Å². The Balaban J connectivity index is 1.94. The third kappa shape index (κ3) is 4.14. The van der Waals surface area contributed by atoms with Gasteiger partial charge in [0.15, 0.2) is 5.78 Å². The summed E-state index contributed by atoms with van der Waals surface area (Å²) in [6.45, 7) is 15.4. The number of aryl methyl sites for hydroxylation is 2. The molecule has 0 radical (unpaired) electrons. The van der Waals surface area contributed by atoms with Crippen LogP contribution in [0, 0.1) is 13.8 Å². The standard InChI is InChI=1S/C18H28N2O/c1-14-6-7-15(2)16(12-14)17(21)13-19-8-10-20(11-9-19)18(3,4)5/h6-7,12H,8-11,13H2,1-5H3. The van der Waals surface area contributed by atoms with Crippen molar-refractivity contribution in [3.63, 3.8) is 0 Å². The van der Waals surface area contributed by atoms with Crippen LogP contribution < -0.4 is 0 Å². The lowest BCUT2D eigenvalue weighted by Gasteiger charge is -2.42. The number of piperazine rings is 1. The summed E-state index contributed by atoms with van der Waals surface area (Å²) < 4.78 is 0. The minimum Gasteiger partial charge on any atom is -0.296 e. The van der Waals surface area contributed by atoms with Gasteiger partial charge in [-0.1, -0.05) is 17.7 Å². The van der Waals surface area contributed by atoms with Crippen LogP contribution in [0.25, 0.3) is 0 Å². The molecule has 1 aliphatic rings. The van der Waals surface area contributed by atoms with E-state index in [4.69, 9.17) is 0 Å². The fraction of sp³-hybridized carbons (Fsp3) is 0.611. The number of hydrogen-bond acceptors (Lipinski definition) is 3. The lowest BCUT2D eigenvalue weighted by Crippen LogP contribution is -2.54. The van der Waals surface area contributed by atoms with E-state index in [0.717, 1.165) is 42.9 Å². The van der Waals surface area contributed by atoms with Gasteiger partial charge in [0, 0.05) is 37.3 Å². The van der Waals surface area contributed by atoms with Crippen molar-refractivity contribution < 1.29 is 4.79 Å². The van der Waals surface area contributed by atoms with Crippen molar-refractivity contribution >= 4 is 5.78 Å². The van der Waals surface area contributed by atoms with E-state index in [1.54, 1.807) is 0 Å². The summed E-state index contributed by atoms with van der Waals surface area (Å²) in [4.78, 5) is 17.3. The van der Waals surface area contributed by atoms with Gasteiger partial charge in [-0.25, -0.2) is 0 Å². The number of ketones is 1. The number of Topliss-reactive ketones (excluding diaryl/α,β-unsaturated/α-hetero) is 1. The van der Waals surface area contributed by atoms with Crippen molar-refractivity contribution in [3.05, 3.63) is 34.9 Å². The molecule has 1 aliphatic heterocycles. The first kappa shape index (κ1) is 16.2. The van der Waals surface area contributed by atoms with Crippen LogP contribution in [0.2, 0.25) is 0 Å². The van der Waals surface area contributed by atoms with E-state index in [9.17, 15) is 4.79 Å². The molecular formula is C18H28N2O. The van der Waals surface area contributed by atoms with Crippen LogP contribution >= 0.6 is 0 Å². The fourth-order valence-corrected chi connectivity index (χ4v) is 2.90. The van der Waals surface area contributed by atoms with Crippen molar-refractivity contribution in [2.75, 3.05) is 32.7 Å². The molecule has 3 nitrogen and oxygen atoms in total. The maximum Gasteiger partial charge on any atom is 0.177 e. The Labute approximate surface area is 128 Å². The molecule has 1 aromatic carbocycles. The van der Waals surface area contributed by atoms with Gasteiger partial charge in [0.05, 0.1) is 6.54 Å². The Morgan fingerprint density at radius 1 is 1.10 bits per heavy atom. The number of hydrogen-bond donors (Lipinski definition) is 0. The Morgan fingerprint density at radius 3 is 2.29 bits per heavy atom. The van der Waals surface area contributed by atoms with Gasteiger partial charge in [-0.15, -0.1) is 0 Å². The average Bonchev–Trinajstić information content (AvgIpc) is 2.41. The average molecular weight is 288 g/mol. The molecule has 0 aliphatic carbocycles. The number of rotatable bonds is 3. The molecule has 0 aromatic heterocycles. The van der Waals surface area contributed by atoms with Crippen LogP contribution in [-0.2, 0) is 0 Å². The number of nitrogens with zero attached hydrogens (tertiary/aromatic N) is 2. The molecule has 2 rings (SSSR count). The molecule has 1 aromatic rings. The fourth-order valence-electron chi connectivity index (χ4n) is 2.90. The second kappa shape index (κ2) is 6.29. The van der Waals surface area contributed by atoms with E-state index >= 15 is 0 Å². The van der Waals surface area contributed by atoms with Crippen LogP contribution in [0.4, 0.5) is 0 Å². The molecule has 0 N–H and O–H groups in total.